The monoisotopic (exact) mass is 243 g/mol. The van der Waals surface area contributed by atoms with Gasteiger partial charge in [-0.3, -0.25) is 0 Å². The molecular formula is C15H17NO2. The van der Waals surface area contributed by atoms with Crippen LogP contribution in [0.1, 0.15) is 36.6 Å². The summed E-state index contributed by atoms with van der Waals surface area (Å²) in [6, 6.07) is 10.9. The average molecular weight is 243 g/mol. The Bertz CT molecular complexity index is 507. The van der Waals surface area contributed by atoms with Crippen molar-refractivity contribution in [1.29, 1.82) is 0 Å². The second kappa shape index (κ2) is 4.86. The van der Waals surface area contributed by atoms with Crippen molar-refractivity contribution in [3.63, 3.8) is 0 Å². The summed E-state index contributed by atoms with van der Waals surface area (Å²) in [5.74, 6) is 1.00. The van der Waals surface area contributed by atoms with E-state index in [-0.39, 0.29) is 6.04 Å². The van der Waals surface area contributed by atoms with Gasteiger partial charge in [-0.25, -0.2) is 0 Å². The number of ether oxygens (including phenoxy) is 1. The second-order valence-electron chi connectivity index (χ2n) is 4.67. The smallest absolute Gasteiger partial charge is 0.124 e. The van der Waals surface area contributed by atoms with Crippen molar-refractivity contribution in [3.05, 3.63) is 54.0 Å². The summed E-state index contributed by atoms with van der Waals surface area (Å²) in [6.07, 6.45) is 4.51. The molecule has 1 aliphatic heterocycles. The fourth-order valence-corrected chi connectivity index (χ4v) is 2.43. The van der Waals surface area contributed by atoms with Crippen LogP contribution in [-0.4, -0.2) is 6.61 Å². The van der Waals surface area contributed by atoms with E-state index in [4.69, 9.17) is 9.15 Å². The first-order valence-electron chi connectivity index (χ1n) is 6.34. The molecule has 2 unspecified atom stereocenters. The summed E-state index contributed by atoms with van der Waals surface area (Å²) in [6.45, 7) is 2.93. The normalized spacial score (nSPS) is 19.9. The maximum Gasteiger partial charge on any atom is 0.124 e. The van der Waals surface area contributed by atoms with E-state index in [0.717, 1.165) is 18.8 Å². The molecule has 1 aromatic heterocycles. The number of benzene rings is 1. The molecule has 0 amide bonds. The molecule has 0 bridgehead atoms. The van der Waals surface area contributed by atoms with Crippen molar-refractivity contribution >= 4 is 0 Å². The van der Waals surface area contributed by atoms with E-state index >= 15 is 0 Å². The molecule has 2 aromatic rings. The standard InChI is InChI=1S/C15H17NO2/c1-11(12-6-8-17-10-12)16-14-7-9-18-15-5-3-2-4-13(14)15/h2-6,8,10-11,14,16H,7,9H2,1H3. The van der Waals surface area contributed by atoms with Crippen LogP contribution < -0.4 is 10.1 Å². The number of hydrogen-bond acceptors (Lipinski definition) is 3. The number of rotatable bonds is 3. The highest BCUT2D eigenvalue weighted by molar-refractivity contribution is 5.37. The predicted molar refractivity (Wildman–Crippen MR) is 69.6 cm³/mol. The highest BCUT2D eigenvalue weighted by Crippen LogP contribution is 2.33. The Kier molecular flexibility index (Phi) is 3.07. The molecule has 0 saturated heterocycles. The van der Waals surface area contributed by atoms with E-state index in [9.17, 15) is 0 Å². The molecule has 0 saturated carbocycles. The van der Waals surface area contributed by atoms with Gasteiger partial charge in [-0.05, 0) is 19.1 Å². The van der Waals surface area contributed by atoms with Crippen LogP contribution in [0.2, 0.25) is 0 Å². The van der Waals surface area contributed by atoms with Gasteiger partial charge in [0, 0.05) is 29.6 Å². The highest BCUT2D eigenvalue weighted by Gasteiger charge is 2.22. The Morgan fingerprint density at radius 3 is 3.00 bits per heavy atom. The van der Waals surface area contributed by atoms with Crippen molar-refractivity contribution in [2.45, 2.75) is 25.4 Å². The Morgan fingerprint density at radius 1 is 1.28 bits per heavy atom. The van der Waals surface area contributed by atoms with Crippen LogP contribution in [-0.2, 0) is 0 Å². The summed E-state index contributed by atoms with van der Waals surface area (Å²) in [5, 5.41) is 3.64. The topological polar surface area (TPSA) is 34.4 Å². The van der Waals surface area contributed by atoms with Gasteiger partial charge >= 0.3 is 0 Å². The molecule has 2 atom stereocenters. The lowest BCUT2D eigenvalue weighted by Gasteiger charge is -2.29. The van der Waals surface area contributed by atoms with Crippen molar-refractivity contribution in [1.82, 2.24) is 5.32 Å². The summed E-state index contributed by atoms with van der Waals surface area (Å²) in [4.78, 5) is 0. The molecule has 2 heterocycles. The maximum absolute atomic E-state index is 5.67. The van der Waals surface area contributed by atoms with E-state index < -0.39 is 0 Å². The van der Waals surface area contributed by atoms with Crippen LogP contribution >= 0.6 is 0 Å². The number of fused-ring (bicyclic) bond motifs is 1. The molecule has 1 N–H and O–H groups in total. The molecule has 18 heavy (non-hydrogen) atoms. The zero-order valence-electron chi connectivity index (χ0n) is 10.4. The van der Waals surface area contributed by atoms with Crippen molar-refractivity contribution in [2.75, 3.05) is 6.61 Å². The number of hydrogen-bond donors (Lipinski definition) is 1. The fourth-order valence-electron chi connectivity index (χ4n) is 2.43. The van der Waals surface area contributed by atoms with Crippen LogP contribution in [0, 0.1) is 0 Å². The van der Waals surface area contributed by atoms with Crippen molar-refractivity contribution in [3.8, 4) is 5.75 Å². The SMILES string of the molecule is CC(NC1CCOc2ccccc21)c1ccoc1. The van der Waals surface area contributed by atoms with Gasteiger partial charge in [0.1, 0.15) is 5.75 Å². The number of nitrogens with one attached hydrogen (secondary N) is 1. The second-order valence-corrected chi connectivity index (χ2v) is 4.67. The predicted octanol–water partition coefficient (Wildman–Crippen LogP) is 3.45. The Morgan fingerprint density at radius 2 is 2.17 bits per heavy atom. The summed E-state index contributed by atoms with van der Waals surface area (Å²) >= 11 is 0. The molecule has 0 fully saturated rings. The summed E-state index contributed by atoms with van der Waals surface area (Å²) in [5.41, 5.74) is 2.43. The lowest BCUT2D eigenvalue weighted by Crippen LogP contribution is -2.29. The molecule has 1 aromatic carbocycles. The third-order valence-electron chi connectivity index (χ3n) is 3.45. The molecule has 3 nitrogen and oxygen atoms in total. The third kappa shape index (κ3) is 2.14. The minimum atomic E-state index is 0.278. The van der Waals surface area contributed by atoms with Gasteiger partial charge in [-0.15, -0.1) is 0 Å². The fraction of sp³-hybridized carbons (Fsp3) is 0.333. The Hall–Kier alpha value is -1.74. The van der Waals surface area contributed by atoms with Gasteiger partial charge in [0.05, 0.1) is 19.1 Å². The average Bonchev–Trinajstić information content (AvgIpc) is 2.93. The van der Waals surface area contributed by atoms with Crippen LogP contribution in [0.25, 0.3) is 0 Å². The van der Waals surface area contributed by atoms with Gasteiger partial charge in [0.25, 0.3) is 0 Å². The highest BCUT2D eigenvalue weighted by atomic mass is 16.5. The van der Waals surface area contributed by atoms with E-state index in [1.807, 2.05) is 18.2 Å². The van der Waals surface area contributed by atoms with Gasteiger partial charge in [-0.1, -0.05) is 18.2 Å². The van der Waals surface area contributed by atoms with Crippen molar-refractivity contribution in [2.24, 2.45) is 0 Å². The summed E-state index contributed by atoms with van der Waals surface area (Å²) < 4.78 is 10.8. The molecule has 0 aliphatic carbocycles. The van der Waals surface area contributed by atoms with Gasteiger partial charge in [0.2, 0.25) is 0 Å². The molecule has 94 valence electrons. The molecule has 1 aliphatic rings. The van der Waals surface area contributed by atoms with E-state index in [2.05, 4.69) is 24.4 Å². The Balaban J connectivity index is 1.78. The van der Waals surface area contributed by atoms with Crippen molar-refractivity contribution < 1.29 is 9.15 Å². The van der Waals surface area contributed by atoms with Crippen LogP contribution in [0.3, 0.4) is 0 Å². The van der Waals surface area contributed by atoms with E-state index in [1.54, 1.807) is 12.5 Å². The minimum Gasteiger partial charge on any atom is -0.493 e. The quantitative estimate of drug-likeness (QED) is 0.896. The third-order valence-corrected chi connectivity index (χ3v) is 3.45. The van der Waals surface area contributed by atoms with Gasteiger partial charge < -0.3 is 14.5 Å². The molecule has 0 radical (unpaired) electrons. The first kappa shape index (κ1) is 11.4. The zero-order valence-corrected chi connectivity index (χ0v) is 10.4. The van der Waals surface area contributed by atoms with E-state index in [0.29, 0.717) is 6.04 Å². The summed E-state index contributed by atoms with van der Waals surface area (Å²) in [7, 11) is 0. The maximum atomic E-state index is 5.67. The number of furan rings is 1. The minimum absolute atomic E-state index is 0.278. The van der Waals surface area contributed by atoms with Crippen LogP contribution in [0.5, 0.6) is 5.75 Å². The lowest BCUT2D eigenvalue weighted by atomic mass is 9.99. The Labute approximate surface area is 107 Å². The molecule has 0 spiro atoms. The van der Waals surface area contributed by atoms with Crippen LogP contribution in [0.4, 0.5) is 0 Å². The van der Waals surface area contributed by atoms with E-state index in [1.165, 1.54) is 11.1 Å². The molecule has 3 rings (SSSR count). The largest absolute Gasteiger partial charge is 0.493 e. The van der Waals surface area contributed by atoms with Gasteiger partial charge in [-0.2, -0.15) is 0 Å². The van der Waals surface area contributed by atoms with Gasteiger partial charge in [0.15, 0.2) is 0 Å². The first-order chi connectivity index (χ1) is 8.84. The molecular weight excluding hydrogens is 226 g/mol. The molecule has 3 heteroatoms. The number of para-hydroxylation sites is 1. The zero-order chi connectivity index (χ0) is 12.4. The lowest BCUT2D eigenvalue weighted by molar-refractivity contribution is 0.246. The van der Waals surface area contributed by atoms with Crippen LogP contribution in [0.15, 0.2) is 47.3 Å². The first-order valence-corrected chi connectivity index (χ1v) is 6.34.